The molecular weight excluding hydrogens is 278 g/mol. The van der Waals surface area contributed by atoms with Crippen molar-refractivity contribution in [2.45, 2.75) is 64.4 Å². The first-order chi connectivity index (χ1) is 10.4. The summed E-state index contributed by atoms with van der Waals surface area (Å²) >= 11 is 0. The normalized spacial score (nSPS) is 36.9. The molecule has 124 valence electrons. The lowest BCUT2D eigenvalue weighted by atomic mass is 9.66. The number of nitrogens with zero attached hydrogens (tertiary/aromatic N) is 4. The van der Waals surface area contributed by atoms with E-state index in [1.54, 1.807) is 12.7 Å². The summed E-state index contributed by atoms with van der Waals surface area (Å²) in [6.45, 7) is 8.63. The van der Waals surface area contributed by atoms with Crippen LogP contribution in [0, 0.1) is 11.3 Å². The molecule has 2 heterocycles. The van der Waals surface area contributed by atoms with Crippen LogP contribution in [0.2, 0.25) is 0 Å². The van der Waals surface area contributed by atoms with Crippen LogP contribution in [0.5, 0.6) is 0 Å². The van der Waals surface area contributed by atoms with Crippen molar-refractivity contribution in [1.29, 1.82) is 0 Å². The standard InChI is InChI=1S/C16H29N5O/c1-11(2)15-16(8-20(15)4)5-13(14(22)6-16)19-12(3)7-21-10-17-9-18-21/h9-15,19,22H,5-8H2,1-4H3/t12?,13-,14-,15?,16?/m1/s1. The summed E-state index contributed by atoms with van der Waals surface area (Å²) in [5.74, 6) is 0.636. The Hall–Kier alpha value is -0.980. The van der Waals surface area contributed by atoms with Gasteiger partial charge in [-0.15, -0.1) is 0 Å². The highest BCUT2D eigenvalue weighted by molar-refractivity contribution is 5.12. The number of hydrogen-bond acceptors (Lipinski definition) is 5. The van der Waals surface area contributed by atoms with Crippen LogP contribution in [-0.4, -0.2) is 62.6 Å². The number of aliphatic hydroxyl groups is 1. The third-order valence-corrected chi connectivity index (χ3v) is 5.43. The van der Waals surface area contributed by atoms with E-state index in [-0.39, 0.29) is 18.2 Å². The van der Waals surface area contributed by atoms with Crippen LogP contribution in [-0.2, 0) is 6.54 Å². The lowest BCUT2D eigenvalue weighted by molar-refractivity contribution is -0.0828. The van der Waals surface area contributed by atoms with Crippen molar-refractivity contribution in [2.75, 3.05) is 13.6 Å². The van der Waals surface area contributed by atoms with Gasteiger partial charge in [0.15, 0.2) is 0 Å². The fourth-order valence-electron chi connectivity index (χ4n) is 5.04. The maximum absolute atomic E-state index is 10.5. The Balaban J connectivity index is 1.59. The van der Waals surface area contributed by atoms with E-state index in [1.165, 1.54) is 0 Å². The summed E-state index contributed by atoms with van der Waals surface area (Å²) in [5, 5.41) is 18.3. The quantitative estimate of drug-likeness (QED) is 0.840. The molecule has 1 aliphatic heterocycles. The van der Waals surface area contributed by atoms with E-state index in [1.807, 2.05) is 4.68 Å². The topological polar surface area (TPSA) is 66.2 Å². The molecule has 2 fully saturated rings. The number of aliphatic hydroxyl groups excluding tert-OH is 1. The second-order valence-corrected chi connectivity index (χ2v) is 7.73. The minimum atomic E-state index is -0.242. The molecule has 3 unspecified atom stereocenters. The van der Waals surface area contributed by atoms with Crippen molar-refractivity contribution >= 4 is 0 Å². The van der Waals surface area contributed by atoms with Crippen molar-refractivity contribution in [3.8, 4) is 0 Å². The van der Waals surface area contributed by atoms with Gasteiger partial charge in [0.05, 0.1) is 12.6 Å². The molecule has 2 aliphatic rings. The monoisotopic (exact) mass is 307 g/mol. The first kappa shape index (κ1) is 15.9. The van der Waals surface area contributed by atoms with Gasteiger partial charge in [-0.2, -0.15) is 5.10 Å². The van der Waals surface area contributed by atoms with E-state index in [0.717, 1.165) is 25.9 Å². The summed E-state index contributed by atoms with van der Waals surface area (Å²) in [7, 11) is 2.20. The maximum Gasteiger partial charge on any atom is 0.137 e. The predicted molar refractivity (Wildman–Crippen MR) is 85.3 cm³/mol. The number of aromatic nitrogens is 3. The Kier molecular flexibility index (Phi) is 4.27. The lowest BCUT2D eigenvalue weighted by Crippen LogP contribution is -2.64. The molecule has 6 nitrogen and oxygen atoms in total. The van der Waals surface area contributed by atoms with Crippen molar-refractivity contribution in [3.63, 3.8) is 0 Å². The summed E-state index contributed by atoms with van der Waals surface area (Å²) in [6, 6.07) is 1.06. The van der Waals surface area contributed by atoms with Gasteiger partial charge in [-0.25, -0.2) is 4.98 Å². The van der Waals surface area contributed by atoms with Gasteiger partial charge in [0.1, 0.15) is 12.7 Å². The molecule has 1 spiro atoms. The fraction of sp³-hybridized carbons (Fsp3) is 0.875. The number of rotatable bonds is 5. The Morgan fingerprint density at radius 2 is 2.14 bits per heavy atom. The fourth-order valence-corrected chi connectivity index (χ4v) is 5.04. The summed E-state index contributed by atoms with van der Waals surface area (Å²) < 4.78 is 1.84. The van der Waals surface area contributed by atoms with Crippen LogP contribution < -0.4 is 5.32 Å². The second kappa shape index (κ2) is 5.91. The third-order valence-electron chi connectivity index (χ3n) is 5.43. The highest BCUT2D eigenvalue weighted by atomic mass is 16.3. The van der Waals surface area contributed by atoms with Gasteiger partial charge >= 0.3 is 0 Å². The third kappa shape index (κ3) is 2.79. The zero-order valence-electron chi connectivity index (χ0n) is 14.1. The first-order valence-corrected chi connectivity index (χ1v) is 8.38. The average molecular weight is 307 g/mol. The zero-order chi connectivity index (χ0) is 15.9. The molecule has 1 saturated heterocycles. The average Bonchev–Trinajstić information content (AvgIpc) is 2.98. The lowest BCUT2D eigenvalue weighted by Gasteiger charge is -2.57. The Bertz CT molecular complexity index is 486. The van der Waals surface area contributed by atoms with E-state index in [2.05, 4.69) is 48.1 Å². The molecule has 22 heavy (non-hydrogen) atoms. The Labute approximate surface area is 132 Å². The van der Waals surface area contributed by atoms with Crippen molar-refractivity contribution in [3.05, 3.63) is 12.7 Å². The minimum Gasteiger partial charge on any atom is -0.391 e. The Morgan fingerprint density at radius 3 is 2.73 bits per heavy atom. The zero-order valence-corrected chi connectivity index (χ0v) is 14.1. The maximum atomic E-state index is 10.5. The van der Waals surface area contributed by atoms with Gasteiger partial charge in [-0.3, -0.25) is 4.68 Å². The van der Waals surface area contributed by atoms with Crippen molar-refractivity contribution in [1.82, 2.24) is 25.0 Å². The first-order valence-electron chi connectivity index (χ1n) is 8.38. The summed E-state index contributed by atoms with van der Waals surface area (Å²) in [4.78, 5) is 6.42. The highest BCUT2D eigenvalue weighted by Gasteiger charge is 2.58. The minimum absolute atomic E-state index is 0.188. The van der Waals surface area contributed by atoms with Gasteiger partial charge in [0.2, 0.25) is 0 Å². The van der Waals surface area contributed by atoms with Crippen LogP contribution in [0.3, 0.4) is 0 Å². The van der Waals surface area contributed by atoms with Crippen LogP contribution in [0.4, 0.5) is 0 Å². The van der Waals surface area contributed by atoms with Crippen LogP contribution in [0.25, 0.3) is 0 Å². The summed E-state index contributed by atoms with van der Waals surface area (Å²) in [6.07, 6.45) is 5.05. The highest BCUT2D eigenvalue weighted by Crippen LogP contribution is 2.52. The van der Waals surface area contributed by atoms with Gasteiger partial charge in [0, 0.05) is 30.1 Å². The largest absolute Gasteiger partial charge is 0.391 e. The van der Waals surface area contributed by atoms with Gasteiger partial charge in [0.25, 0.3) is 0 Å². The van der Waals surface area contributed by atoms with Crippen LogP contribution >= 0.6 is 0 Å². The van der Waals surface area contributed by atoms with E-state index in [9.17, 15) is 5.11 Å². The molecule has 0 amide bonds. The van der Waals surface area contributed by atoms with Gasteiger partial charge in [-0.1, -0.05) is 13.8 Å². The van der Waals surface area contributed by atoms with Crippen LogP contribution in [0.1, 0.15) is 33.6 Å². The van der Waals surface area contributed by atoms with Gasteiger partial charge < -0.3 is 15.3 Å². The molecule has 2 N–H and O–H groups in total. The van der Waals surface area contributed by atoms with E-state index in [0.29, 0.717) is 17.4 Å². The van der Waals surface area contributed by atoms with Crippen LogP contribution in [0.15, 0.2) is 12.7 Å². The second-order valence-electron chi connectivity index (χ2n) is 7.73. The smallest absolute Gasteiger partial charge is 0.137 e. The molecule has 5 atom stereocenters. The SMILES string of the molecule is CC(Cn1cncn1)N[C@@H]1CC2(C[C@H]1O)CN(C)C2C(C)C. The van der Waals surface area contributed by atoms with E-state index >= 15 is 0 Å². The van der Waals surface area contributed by atoms with Gasteiger partial charge in [-0.05, 0) is 32.7 Å². The summed E-state index contributed by atoms with van der Waals surface area (Å²) in [5.41, 5.74) is 0.299. The Morgan fingerprint density at radius 1 is 1.36 bits per heavy atom. The van der Waals surface area contributed by atoms with E-state index in [4.69, 9.17) is 0 Å². The van der Waals surface area contributed by atoms with Crippen molar-refractivity contribution < 1.29 is 5.11 Å². The molecule has 6 heteroatoms. The van der Waals surface area contributed by atoms with E-state index < -0.39 is 0 Å². The number of hydrogen-bond donors (Lipinski definition) is 2. The molecule has 0 aromatic carbocycles. The molecule has 1 aromatic rings. The molecule has 1 aromatic heterocycles. The molecule has 3 rings (SSSR count). The number of likely N-dealkylation sites (tertiary alicyclic amines) is 1. The molecule has 1 aliphatic carbocycles. The number of nitrogens with one attached hydrogen (secondary N) is 1. The molecule has 0 radical (unpaired) electrons. The molecule has 1 saturated carbocycles. The van der Waals surface area contributed by atoms with Crippen molar-refractivity contribution in [2.24, 2.45) is 11.3 Å². The molecular formula is C16H29N5O. The predicted octanol–water partition coefficient (Wildman–Crippen LogP) is 0.736. The molecule has 0 bridgehead atoms.